The van der Waals surface area contributed by atoms with Gasteiger partial charge in [-0.3, -0.25) is 4.79 Å². The first kappa shape index (κ1) is 21.3. The van der Waals surface area contributed by atoms with Crippen molar-refractivity contribution in [2.45, 2.75) is 18.7 Å². The Morgan fingerprint density at radius 3 is 2.43 bits per heavy atom. The number of anilines is 1. The molecule has 11 heteroatoms. The Balaban J connectivity index is 2.01. The van der Waals surface area contributed by atoms with E-state index >= 15 is 0 Å². The van der Waals surface area contributed by atoms with Crippen LogP contribution < -0.4 is 10.1 Å². The molecule has 1 N–H and O–H groups in total. The number of carbonyl (C=O) groups excluding carboxylic acids is 1. The van der Waals surface area contributed by atoms with E-state index in [0.717, 1.165) is 0 Å². The predicted molar refractivity (Wildman–Crippen MR) is 102 cm³/mol. The van der Waals surface area contributed by atoms with Crippen LogP contribution in [0.2, 0.25) is 0 Å². The molecule has 150 valence electrons. The van der Waals surface area contributed by atoms with E-state index in [1.807, 2.05) is 0 Å². The Morgan fingerprint density at radius 1 is 1.21 bits per heavy atom. The maximum atomic E-state index is 12.4. The van der Waals surface area contributed by atoms with Crippen LogP contribution in [0.1, 0.15) is 13.8 Å². The topological polar surface area (TPSA) is 132 Å². The van der Waals surface area contributed by atoms with Crippen molar-refractivity contribution in [3.05, 3.63) is 52.7 Å². The average Bonchev–Trinajstić information content (AvgIpc) is 2.67. The van der Waals surface area contributed by atoms with Gasteiger partial charge in [0.05, 0.1) is 4.90 Å². The predicted octanol–water partition coefficient (Wildman–Crippen LogP) is 2.04. The van der Waals surface area contributed by atoms with Crippen LogP contribution >= 0.6 is 0 Å². The number of hydrogen-bond acceptors (Lipinski definition) is 7. The average molecular weight is 408 g/mol. The van der Waals surface area contributed by atoms with Crippen LogP contribution in [0.5, 0.6) is 5.75 Å². The molecule has 0 atom stereocenters. The Kier molecular flexibility index (Phi) is 7.01. The molecule has 0 unspecified atom stereocenters. The summed E-state index contributed by atoms with van der Waals surface area (Å²) in [5, 5.41) is 13.4. The first-order valence-electron chi connectivity index (χ1n) is 8.41. The Hall–Kier alpha value is -3.05. The second-order valence-electron chi connectivity index (χ2n) is 5.53. The maximum absolute atomic E-state index is 12.4. The van der Waals surface area contributed by atoms with Crippen LogP contribution in [-0.4, -0.2) is 48.2 Å². The van der Waals surface area contributed by atoms with Crippen molar-refractivity contribution in [3.8, 4) is 5.75 Å². The van der Waals surface area contributed by atoms with Crippen molar-refractivity contribution < 1.29 is 22.9 Å². The van der Waals surface area contributed by atoms with Gasteiger partial charge in [-0.2, -0.15) is 4.31 Å². The van der Waals surface area contributed by atoms with E-state index in [0.29, 0.717) is 18.8 Å². The summed E-state index contributed by atoms with van der Waals surface area (Å²) in [6.07, 6.45) is 1.25. The zero-order chi connectivity index (χ0) is 20.7. The van der Waals surface area contributed by atoms with Gasteiger partial charge in [0.15, 0.2) is 6.61 Å². The highest BCUT2D eigenvalue weighted by molar-refractivity contribution is 7.89. The second kappa shape index (κ2) is 9.24. The normalized spacial score (nSPS) is 11.2. The standard InChI is InChI=1S/C17H20N4O6S/c1-3-20(4-2)28(25,26)14-9-7-13(8-10-14)19-16(22)12-27-15-6-5-11-18-17(15)21(23)24/h5-11H,3-4,12H2,1-2H3,(H,19,22). The summed E-state index contributed by atoms with van der Waals surface area (Å²) in [4.78, 5) is 25.9. The molecule has 28 heavy (non-hydrogen) atoms. The molecule has 2 rings (SSSR count). The lowest BCUT2D eigenvalue weighted by molar-refractivity contribution is -0.390. The molecule has 10 nitrogen and oxygen atoms in total. The second-order valence-corrected chi connectivity index (χ2v) is 7.47. The van der Waals surface area contributed by atoms with Gasteiger partial charge in [0.1, 0.15) is 6.20 Å². The van der Waals surface area contributed by atoms with Gasteiger partial charge < -0.3 is 20.2 Å². The van der Waals surface area contributed by atoms with E-state index in [1.54, 1.807) is 13.8 Å². The van der Waals surface area contributed by atoms with Crippen LogP contribution in [0.25, 0.3) is 0 Å². The van der Waals surface area contributed by atoms with Crippen molar-refractivity contribution >= 4 is 27.4 Å². The van der Waals surface area contributed by atoms with E-state index in [4.69, 9.17) is 4.74 Å². The number of pyridine rings is 1. The lowest BCUT2D eigenvalue weighted by Gasteiger charge is -2.18. The molecule has 0 bridgehead atoms. The quantitative estimate of drug-likeness (QED) is 0.496. The molecular formula is C17H20N4O6S. The van der Waals surface area contributed by atoms with E-state index < -0.39 is 33.3 Å². The number of nitrogens with one attached hydrogen (secondary N) is 1. The molecule has 0 aliphatic carbocycles. The summed E-state index contributed by atoms with van der Waals surface area (Å²) < 4.78 is 31.3. The monoisotopic (exact) mass is 408 g/mol. The Labute approximate surface area is 162 Å². The van der Waals surface area contributed by atoms with Crippen LogP contribution in [0.3, 0.4) is 0 Å². The largest absolute Gasteiger partial charge is 0.476 e. The lowest BCUT2D eigenvalue weighted by Crippen LogP contribution is -2.30. The third-order valence-electron chi connectivity index (χ3n) is 3.76. The SMILES string of the molecule is CCN(CC)S(=O)(=O)c1ccc(NC(=O)COc2cccnc2[N+](=O)[O-])cc1. The number of aromatic nitrogens is 1. The van der Waals surface area contributed by atoms with Gasteiger partial charge in [-0.25, -0.2) is 8.42 Å². The molecule has 1 heterocycles. The third kappa shape index (κ3) is 5.02. The van der Waals surface area contributed by atoms with Gasteiger partial charge in [-0.1, -0.05) is 13.8 Å². The fourth-order valence-electron chi connectivity index (χ4n) is 2.40. The number of hydrogen-bond donors (Lipinski definition) is 1. The zero-order valence-electron chi connectivity index (χ0n) is 15.4. The van der Waals surface area contributed by atoms with Gasteiger partial charge in [0.25, 0.3) is 5.91 Å². The Morgan fingerprint density at radius 2 is 1.86 bits per heavy atom. The molecule has 0 aliphatic rings. The van der Waals surface area contributed by atoms with Crippen LogP contribution in [0.15, 0.2) is 47.5 Å². The highest BCUT2D eigenvalue weighted by Crippen LogP contribution is 2.23. The van der Waals surface area contributed by atoms with E-state index in [-0.39, 0.29) is 10.6 Å². The summed E-state index contributed by atoms with van der Waals surface area (Å²) in [6, 6.07) is 8.51. The maximum Gasteiger partial charge on any atom is 0.406 e. The van der Waals surface area contributed by atoms with Crippen molar-refractivity contribution in [2.24, 2.45) is 0 Å². The van der Waals surface area contributed by atoms with Crippen LogP contribution in [0.4, 0.5) is 11.5 Å². The first-order valence-corrected chi connectivity index (χ1v) is 9.85. The number of carbonyl (C=O) groups is 1. The number of rotatable bonds is 9. The number of nitrogens with zero attached hydrogens (tertiary/aromatic N) is 3. The van der Waals surface area contributed by atoms with Crippen molar-refractivity contribution in [1.82, 2.24) is 9.29 Å². The number of ether oxygens (including phenoxy) is 1. The molecule has 0 aliphatic heterocycles. The molecule has 0 saturated carbocycles. The molecule has 0 saturated heterocycles. The molecule has 0 fully saturated rings. The molecule has 1 amide bonds. The summed E-state index contributed by atoms with van der Waals surface area (Å²) in [7, 11) is -3.58. The van der Waals surface area contributed by atoms with Crippen molar-refractivity contribution in [2.75, 3.05) is 25.0 Å². The number of nitro groups is 1. The van der Waals surface area contributed by atoms with Gasteiger partial charge in [-0.05, 0) is 46.3 Å². The summed E-state index contributed by atoms with van der Waals surface area (Å²) in [6.45, 7) is 3.75. The van der Waals surface area contributed by atoms with Crippen molar-refractivity contribution in [1.29, 1.82) is 0 Å². The minimum Gasteiger partial charge on any atom is -0.476 e. The molecule has 0 spiro atoms. The Bertz CT molecular complexity index is 942. The van der Waals surface area contributed by atoms with Gasteiger partial charge >= 0.3 is 5.82 Å². The van der Waals surface area contributed by atoms with E-state index in [2.05, 4.69) is 10.3 Å². The first-order chi connectivity index (χ1) is 13.3. The number of amides is 1. The zero-order valence-corrected chi connectivity index (χ0v) is 16.2. The van der Waals surface area contributed by atoms with Crippen LogP contribution in [0, 0.1) is 10.1 Å². The minimum absolute atomic E-state index is 0.122. The van der Waals surface area contributed by atoms with Gasteiger partial charge in [0.2, 0.25) is 15.8 Å². The molecular weight excluding hydrogens is 388 g/mol. The number of sulfonamides is 1. The van der Waals surface area contributed by atoms with Crippen molar-refractivity contribution in [3.63, 3.8) is 0 Å². The fourth-order valence-corrected chi connectivity index (χ4v) is 3.85. The molecule has 1 aromatic heterocycles. The van der Waals surface area contributed by atoms with Gasteiger partial charge in [-0.15, -0.1) is 0 Å². The third-order valence-corrected chi connectivity index (χ3v) is 5.83. The van der Waals surface area contributed by atoms with E-state index in [1.165, 1.54) is 46.9 Å². The fraction of sp³-hybridized carbons (Fsp3) is 0.294. The van der Waals surface area contributed by atoms with Gasteiger partial charge in [0, 0.05) is 18.8 Å². The van der Waals surface area contributed by atoms with Crippen LogP contribution in [-0.2, 0) is 14.8 Å². The highest BCUT2D eigenvalue weighted by atomic mass is 32.2. The highest BCUT2D eigenvalue weighted by Gasteiger charge is 2.21. The summed E-state index contributed by atoms with van der Waals surface area (Å²) in [5.74, 6) is -1.16. The molecule has 1 aromatic carbocycles. The lowest BCUT2D eigenvalue weighted by atomic mass is 10.3. The minimum atomic E-state index is -3.58. The summed E-state index contributed by atoms with van der Waals surface area (Å²) in [5.41, 5.74) is 0.368. The van der Waals surface area contributed by atoms with E-state index in [9.17, 15) is 23.3 Å². The molecule has 2 aromatic rings. The molecule has 0 radical (unpaired) electrons. The number of benzene rings is 1. The smallest absolute Gasteiger partial charge is 0.406 e. The summed E-state index contributed by atoms with van der Waals surface area (Å²) >= 11 is 0.